The lowest BCUT2D eigenvalue weighted by Gasteiger charge is -2.15. The molecule has 6 nitrogen and oxygen atoms in total. The summed E-state index contributed by atoms with van der Waals surface area (Å²) in [7, 11) is -3.23. The number of rotatable bonds is 6. The highest BCUT2D eigenvalue weighted by Gasteiger charge is 2.25. The molecule has 0 amide bonds. The van der Waals surface area contributed by atoms with E-state index >= 15 is 0 Å². The van der Waals surface area contributed by atoms with Crippen molar-refractivity contribution in [1.29, 1.82) is 0 Å². The summed E-state index contributed by atoms with van der Waals surface area (Å²) in [6.45, 7) is 0. The van der Waals surface area contributed by atoms with Crippen LogP contribution in [0, 0.1) is 5.82 Å². The van der Waals surface area contributed by atoms with Crippen LogP contribution in [-0.4, -0.2) is 26.6 Å². The lowest BCUT2D eigenvalue weighted by molar-refractivity contribution is 0.0696. The van der Waals surface area contributed by atoms with E-state index in [-0.39, 0.29) is 22.0 Å². The molecule has 2 N–H and O–H groups in total. The summed E-state index contributed by atoms with van der Waals surface area (Å²) in [6.07, 6.45) is 0. The van der Waals surface area contributed by atoms with Gasteiger partial charge in [0.1, 0.15) is 10.7 Å². The maximum absolute atomic E-state index is 14.3. The standard InChI is InChI=1S/C20H15ClFNO5S/c1-28-19-15(21)9-14(20(24)25)11-18(19)29(26,27)23-17-10-13(7-8-16(17)22)12-5-3-2-4-6-12/h2-11,23H,1H3,(H,24,25). The third kappa shape index (κ3) is 4.33. The highest BCUT2D eigenvalue weighted by molar-refractivity contribution is 7.92. The fraction of sp³-hybridized carbons (Fsp3) is 0.0500. The van der Waals surface area contributed by atoms with E-state index in [4.69, 9.17) is 16.3 Å². The van der Waals surface area contributed by atoms with E-state index in [9.17, 15) is 22.7 Å². The molecule has 0 unspecified atom stereocenters. The van der Waals surface area contributed by atoms with Crippen LogP contribution >= 0.6 is 11.6 Å². The first-order chi connectivity index (χ1) is 13.7. The van der Waals surface area contributed by atoms with E-state index < -0.39 is 26.7 Å². The molecule has 150 valence electrons. The predicted octanol–water partition coefficient (Wildman–Crippen LogP) is 4.65. The van der Waals surface area contributed by atoms with Gasteiger partial charge in [-0.05, 0) is 35.4 Å². The Morgan fingerprint density at radius 2 is 1.76 bits per heavy atom. The van der Waals surface area contributed by atoms with Crippen molar-refractivity contribution in [1.82, 2.24) is 0 Å². The topological polar surface area (TPSA) is 92.7 Å². The molecule has 0 saturated carbocycles. The average Bonchev–Trinajstić information content (AvgIpc) is 2.69. The van der Waals surface area contributed by atoms with Gasteiger partial charge in [0.15, 0.2) is 5.75 Å². The van der Waals surface area contributed by atoms with Crippen LogP contribution in [0.4, 0.5) is 10.1 Å². The van der Waals surface area contributed by atoms with Gasteiger partial charge in [0, 0.05) is 0 Å². The van der Waals surface area contributed by atoms with E-state index in [0.717, 1.165) is 23.8 Å². The van der Waals surface area contributed by atoms with Gasteiger partial charge in [0.25, 0.3) is 10.0 Å². The zero-order chi connectivity index (χ0) is 21.2. The molecular formula is C20H15ClFNO5S. The Balaban J connectivity index is 2.08. The second kappa shape index (κ2) is 8.10. The molecule has 0 aliphatic heterocycles. The van der Waals surface area contributed by atoms with E-state index in [2.05, 4.69) is 4.72 Å². The first-order valence-corrected chi connectivity index (χ1v) is 10.1. The second-order valence-corrected chi connectivity index (χ2v) is 8.02. The quantitative estimate of drug-likeness (QED) is 0.587. The largest absolute Gasteiger partial charge is 0.494 e. The Labute approximate surface area is 171 Å². The van der Waals surface area contributed by atoms with Crippen molar-refractivity contribution in [3.8, 4) is 16.9 Å². The Hall–Kier alpha value is -3.10. The van der Waals surface area contributed by atoms with Crippen LogP contribution in [0.3, 0.4) is 0 Å². The molecule has 0 heterocycles. The minimum Gasteiger partial charge on any atom is -0.494 e. The van der Waals surface area contributed by atoms with Crippen molar-refractivity contribution < 1.29 is 27.4 Å². The number of nitrogens with one attached hydrogen (secondary N) is 1. The Morgan fingerprint density at radius 3 is 2.38 bits per heavy atom. The SMILES string of the molecule is COc1c(Cl)cc(C(=O)O)cc1S(=O)(=O)Nc1cc(-c2ccccc2)ccc1F. The molecular weight excluding hydrogens is 421 g/mol. The lowest BCUT2D eigenvalue weighted by atomic mass is 10.1. The van der Waals surface area contributed by atoms with Crippen molar-refractivity contribution in [2.45, 2.75) is 4.90 Å². The maximum Gasteiger partial charge on any atom is 0.335 e. The van der Waals surface area contributed by atoms with Gasteiger partial charge >= 0.3 is 5.97 Å². The molecule has 3 aromatic carbocycles. The van der Waals surface area contributed by atoms with Gasteiger partial charge in [-0.1, -0.05) is 48.0 Å². The molecule has 3 rings (SSSR count). The van der Waals surface area contributed by atoms with Crippen LogP contribution in [0.2, 0.25) is 5.02 Å². The molecule has 0 aliphatic carbocycles. The van der Waals surface area contributed by atoms with Crippen molar-refractivity contribution in [3.63, 3.8) is 0 Å². The summed E-state index contributed by atoms with van der Waals surface area (Å²) in [5.41, 5.74) is 0.704. The molecule has 0 saturated heterocycles. The third-order valence-corrected chi connectivity index (χ3v) is 5.72. The zero-order valence-electron chi connectivity index (χ0n) is 15.0. The van der Waals surface area contributed by atoms with Crippen molar-refractivity contribution in [2.24, 2.45) is 0 Å². The molecule has 0 aliphatic rings. The average molecular weight is 436 g/mol. The fourth-order valence-electron chi connectivity index (χ4n) is 2.70. The fourth-order valence-corrected chi connectivity index (χ4v) is 4.33. The highest BCUT2D eigenvalue weighted by atomic mass is 35.5. The van der Waals surface area contributed by atoms with Crippen LogP contribution < -0.4 is 9.46 Å². The monoisotopic (exact) mass is 435 g/mol. The van der Waals surface area contributed by atoms with Crippen molar-refractivity contribution in [3.05, 3.63) is 77.1 Å². The van der Waals surface area contributed by atoms with Crippen LogP contribution in [-0.2, 0) is 10.0 Å². The summed E-state index contributed by atoms with van der Waals surface area (Å²) in [5.74, 6) is -2.42. The number of aromatic carboxylic acids is 1. The minimum atomic E-state index is -4.42. The molecule has 0 atom stereocenters. The summed E-state index contributed by atoms with van der Waals surface area (Å²) >= 11 is 5.97. The number of hydrogen-bond donors (Lipinski definition) is 2. The van der Waals surface area contributed by atoms with Gasteiger partial charge < -0.3 is 9.84 Å². The van der Waals surface area contributed by atoms with E-state index in [1.165, 1.54) is 19.2 Å². The number of ether oxygens (including phenoxy) is 1. The lowest BCUT2D eigenvalue weighted by Crippen LogP contribution is -2.16. The Bertz CT molecular complexity index is 1180. The molecule has 0 aromatic heterocycles. The van der Waals surface area contributed by atoms with E-state index in [0.29, 0.717) is 5.56 Å². The molecule has 0 bridgehead atoms. The van der Waals surface area contributed by atoms with Crippen LogP contribution in [0.25, 0.3) is 11.1 Å². The van der Waals surface area contributed by atoms with Gasteiger partial charge in [-0.3, -0.25) is 4.72 Å². The summed E-state index contributed by atoms with van der Waals surface area (Å²) in [4.78, 5) is 10.8. The highest BCUT2D eigenvalue weighted by Crippen LogP contribution is 2.35. The zero-order valence-corrected chi connectivity index (χ0v) is 16.6. The molecule has 0 fully saturated rings. The van der Waals surface area contributed by atoms with Gasteiger partial charge in [0.2, 0.25) is 0 Å². The number of anilines is 1. The van der Waals surface area contributed by atoms with Crippen LogP contribution in [0.1, 0.15) is 10.4 Å². The van der Waals surface area contributed by atoms with Crippen LogP contribution in [0.15, 0.2) is 65.6 Å². The number of carboxylic acid groups (broad SMARTS) is 1. The number of carboxylic acids is 1. The first-order valence-electron chi connectivity index (χ1n) is 8.21. The normalized spacial score (nSPS) is 11.1. The summed E-state index contributed by atoms with van der Waals surface area (Å²) in [5, 5.41) is 8.98. The number of methoxy groups -OCH3 is 1. The second-order valence-electron chi connectivity index (χ2n) is 5.96. The van der Waals surface area contributed by atoms with Crippen LogP contribution in [0.5, 0.6) is 5.75 Å². The molecule has 0 spiro atoms. The van der Waals surface area contributed by atoms with Gasteiger partial charge in [-0.15, -0.1) is 0 Å². The third-order valence-electron chi connectivity index (χ3n) is 4.07. The van der Waals surface area contributed by atoms with Gasteiger partial charge in [-0.2, -0.15) is 0 Å². The molecule has 3 aromatic rings. The van der Waals surface area contributed by atoms with E-state index in [1.54, 1.807) is 24.3 Å². The molecule has 9 heteroatoms. The number of hydrogen-bond acceptors (Lipinski definition) is 4. The van der Waals surface area contributed by atoms with Crippen molar-refractivity contribution >= 4 is 33.3 Å². The smallest absolute Gasteiger partial charge is 0.335 e. The van der Waals surface area contributed by atoms with Gasteiger partial charge in [0.05, 0.1) is 23.4 Å². The minimum absolute atomic E-state index is 0.203. The number of carbonyl (C=O) groups is 1. The number of sulfonamides is 1. The maximum atomic E-state index is 14.3. The first kappa shape index (κ1) is 20.6. The Morgan fingerprint density at radius 1 is 1.07 bits per heavy atom. The predicted molar refractivity (Wildman–Crippen MR) is 108 cm³/mol. The number of halogens is 2. The Kier molecular flexibility index (Phi) is 5.76. The molecule has 29 heavy (non-hydrogen) atoms. The van der Waals surface area contributed by atoms with Crippen molar-refractivity contribution in [2.75, 3.05) is 11.8 Å². The van der Waals surface area contributed by atoms with Gasteiger partial charge in [-0.25, -0.2) is 17.6 Å². The summed E-state index contributed by atoms with van der Waals surface area (Å²) < 4.78 is 47.3. The molecule has 0 radical (unpaired) electrons. The number of benzene rings is 3. The summed E-state index contributed by atoms with van der Waals surface area (Å²) in [6, 6.07) is 15.0. The van der Waals surface area contributed by atoms with E-state index in [1.807, 2.05) is 6.07 Å².